The van der Waals surface area contributed by atoms with E-state index in [9.17, 15) is 5.11 Å². The zero-order valence-electron chi connectivity index (χ0n) is 14.4. The predicted molar refractivity (Wildman–Crippen MR) is 102 cm³/mol. The maximum atomic E-state index is 10.2. The van der Waals surface area contributed by atoms with Crippen LogP contribution in [0.5, 0.6) is 0 Å². The summed E-state index contributed by atoms with van der Waals surface area (Å²) in [4.78, 5) is 4.53. The number of nitrogens with zero attached hydrogens (tertiary/aromatic N) is 1. The Kier molecular flexibility index (Phi) is 5.07. The normalized spacial score (nSPS) is 23.5. The van der Waals surface area contributed by atoms with Gasteiger partial charge in [0.15, 0.2) is 6.29 Å². The summed E-state index contributed by atoms with van der Waals surface area (Å²) in [5, 5.41) is 12.6. The van der Waals surface area contributed by atoms with E-state index < -0.39 is 18.5 Å². The lowest BCUT2D eigenvalue weighted by molar-refractivity contribution is -0.237. The van der Waals surface area contributed by atoms with Crippen molar-refractivity contribution >= 4 is 17.0 Å². The molecule has 0 amide bonds. The molecule has 1 unspecified atom stereocenters. The number of hydrogen-bond donors (Lipinski definition) is 1. The minimum Gasteiger partial charge on any atom is -0.388 e. The third-order valence-electron chi connectivity index (χ3n) is 4.54. The van der Waals surface area contributed by atoms with Crippen LogP contribution >= 0.6 is 0 Å². The molecule has 0 spiro atoms. The molecule has 4 nitrogen and oxygen atoms in total. The SMILES string of the molecule is O[C@@H]1CO[C@@H](c2ccccc2)OC1/C=N/Cc1cccc2ccccc12. The molecule has 132 valence electrons. The van der Waals surface area contributed by atoms with Gasteiger partial charge in [-0.15, -0.1) is 0 Å². The Morgan fingerprint density at radius 1 is 0.962 bits per heavy atom. The van der Waals surface area contributed by atoms with Gasteiger partial charge in [0, 0.05) is 11.8 Å². The molecule has 0 aromatic heterocycles. The van der Waals surface area contributed by atoms with E-state index in [0.717, 1.165) is 11.1 Å². The Balaban J connectivity index is 1.47. The van der Waals surface area contributed by atoms with E-state index in [4.69, 9.17) is 9.47 Å². The first-order valence-corrected chi connectivity index (χ1v) is 8.78. The van der Waals surface area contributed by atoms with E-state index in [2.05, 4.69) is 29.3 Å². The van der Waals surface area contributed by atoms with Crippen LogP contribution in [-0.2, 0) is 16.0 Å². The second-order valence-electron chi connectivity index (χ2n) is 6.37. The van der Waals surface area contributed by atoms with Gasteiger partial charge in [0.1, 0.15) is 12.2 Å². The van der Waals surface area contributed by atoms with Crippen LogP contribution in [0.25, 0.3) is 10.8 Å². The molecule has 1 N–H and O–H groups in total. The fourth-order valence-corrected chi connectivity index (χ4v) is 3.16. The van der Waals surface area contributed by atoms with Crippen molar-refractivity contribution in [2.24, 2.45) is 4.99 Å². The molecule has 1 aliphatic heterocycles. The van der Waals surface area contributed by atoms with Crippen molar-refractivity contribution in [2.75, 3.05) is 6.61 Å². The van der Waals surface area contributed by atoms with Crippen LogP contribution in [-0.4, -0.2) is 30.1 Å². The molecule has 1 heterocycles. The molecule has 3 aromatic rings. The first-order valence-electron chi connectivity index (χ1n) is 8.78. The summed E-state index contributed by atoms with van der Waals surface area (Å²) in [7, 11) is 0. The van der Waals surface area contributed by atoms with Gasteiger partial charge in [-0.05, 0) is 16.3 Å². The molecular formula is C22H21NO3. The molecule has 3 atom stereocenters. The van der Waals surface area contributed by atoms with Gasteiger partial charge >= 0.3 is 0 Å². The summed E-state index contributed by atoms with van der Waals surface area (Å²) in [6.07, 6.45) is 0.0222. The monoisotopic (exact) mass is 347 g/mol. The Bertz CT molecular complexity index is 889. The third-order valence-corrected chi connectivity index (χ3v) is 4.54. The average Bonchev–Trinajstić information content (AvgIpc) is 2.70. The molecule has 0 radical (unpaired) electrons. The standard InChI is InChI=1S/C22H21NO3/c24-20-15-25-22(17-8-2-1-3-9-17)26-21(20)14-23-13-18-11-6-10-16-7-4-5-12-19(16)18/h1-12,14,20-22,24H,13,15H2/b23-14+/t20-,21?,22-/m1/s1. The van der Waals surface area contributed by atoms with E-state index in [1.165, 1.54) is 10.8 Å². The van der Waals surface area contributed by atoms with Crippen molar-refractivity contribution in [3.8, 4) is 0 Å². The molecule has 0 aliphatic carbocycles. The fourth-order valence-electron chi connectivity index (χ4n) is 3.16. The van der Waals surface area contributed by atoms with Crippen LogP contribution < -0.4 is 0 Å². The number of aliphatic hydroxyl groups is 1. The minimum atomic E-state index is -0.716. The summed E-state index contributed by atoms with van der Waals surface area (Å²) in [6, 6.07) is 24.2. The largest absolute Gasteiger partial charge is 0.388 e. The van der Waals surface area contributed by atoms with Crippen LogP contribution in [0.15, 0.2) is 77.8 Å². The summed E-state index contributed by atoms with van der Waals surface area (Å²) < 4.78 is 11.5. The summed E-state index contributed by atoms with van der Waals surface area (Å²) in [6.45, 7) is 0.773. The topological polar surface area (TPSA) is 51.0 Å². The lowest BCUT2D eigenvalue weighted by Gasteiger charge is -2.32. The predicted octanol–water partition coefficient (Wildman–Crippen LogP) is 3.89. The van der Waals surface area contributed by atoms with Gasteiger partial charge in [-0.3, -0.25) is 4.99 Å². The molecule has 1 fully saturated rings. The smallest absolute Gasteiger partial charge is 0.184 e. The first kappa shape index (κ1) is 16.9. The van der Waals surface area contributed by atoms with Crippen LogP contribution in [0.4, 0.5) is 0 Å². The Morgan fingerprint density at radius 2 is 1.73 bits per heavy atom. The van der Waals surface area contributed by atoms with Gasteiger partial charge in [0.2, 0.25) is 0 Å². The van der Waals surface area contributed by atoms with E-state index in [0.29, 0.717) is 6.54 Å². The fraction of sp³-hybridized carbons (Fsp3) is 0.227. The average molecular weight is 347 g/mol. The van der Waals surface area contributed by atoms with Crippen LogP contribution in [0, 0.1) is 0 Å². The highest BCUT2D eigenvalue weighted by molar-refractivity contribution is 5.85. The van der Waals surface area contributed by atoms with Crippen molar-refractivity contribution < 1.29 is 14.6 Å². The lowest BCUT2D eigenvalue weighted by Crippen LogP contribution is -2.41. The highest BCUT2D eigenvalue weighted by Gasteiger charge is 2.30. The third kappa shape index (κ3) is 3.68. The van der Waals surface area contributed by atoms with Crippen molar-refractivity contribution in [3.05, 3.63) is 83.9 Å². The lowest BCUT2D eigenvalue weighted by atomic mass is 10.0. The Hall–Kier alpha value is -2.53. The second-order valence-corrected chi connectivity index (χ2v) is 6.37. The molecule has 26 heavy (non-hydrogen) atoms. The number of ether oxygens (including phenoxy) is 2. The maximum Gasteiger partial charge on any atom is 0.184 e. The quantitative estimate of drug-likeness (QED) is 0.729. The van der Waals surface area contributed by atoms with Crippen LogP contribution in [0.1, 0.15) is 17.4 Å². The molecule has 3 aromatic carbocycles. The zero-order valence-corrected chi connectivity index (χ0v) is 14.4. The van der Waals surface area contributed by atoms with Crippen molar-refractivity contribution in [3.63, 3.8) is 0 Å². The van der Waals surface area contributed by atoms with E-state index in [1.54, 1.807) is 6.21 Å². The van der Waals surface area contributed by atoms with E-state index in [1.807, 2.05) is 48.5 Å². The highest BCUT2D eigenvalue weighted by atomic mass is 16.7. The Labute approximate surface area is 152 Å². The van der Waals surface area contributed by atoms with Gasteiger partial charge in [0.05, 0.1) is 13.2 Å². The van der Waals surface area contributed by atoms with Crippen LogP contribution in [0.3, 0.4) is 0 Å². The van der Waals surface area contributed by atoms with Gasteiger partial charge in [0.25, 0.3) is 0 Å². The van der Waals surface area contributed by atoms with Gasteiger partial charge in [-0.25, -0.2) is 0 Å². The van der Waals surface area contributed by atoms with E-state index >= 15 is 0 Å². The van der Waals surface area contributed by atoms with Crippen molar-refractivity contribution in [1.29, 1.82) is 0 Å². The van der Waals surface area contributed by atoms with E-state index in [-0.39, 0.29) is 6.61 Å². The first-order chi connectivity index (χ1) is 12.8. The summed E-state index contributed by atoms with van der Waals surface area (Å²) in [5.41, 5.74) is 2.09. The number of fused-ring (bicyclic) bond motifs is 1. The van der Waals surface area contributed by atoms with Gasteiger partial charge < -0.3 is 14.6 Å². The maximum absolute atomic E-state index is 10.2. The van der Waals surface area contributed by atoms with Crippen LogP contribution in [0.2, 0.25) is 0 Å². The van der Waals surface area contributed by atoms with Crippen molar-refractivity contribution in [1.82, 2.24) is 0 Å². The Morgan fingerprint density at radius 3 is 2.62 bits per heavy atom. The number of aliphatic imine (C=N–C) groups is 1. The second kappa shape index (κ2) is 7.79. The molecule has 0 bridgehead atoms. The highest BCUT2D eigenvalue weighted by Crippen LogP contribution is 2.26. The molecule has 4 heteroatoms. The molecule has 4 rings (SSSR count). The molecular weight excluding hydrogens is 326 g/mol. The minimum absolute atomic E-state index is 0.227. The zero-order chi connectivity index (χ0) is 17.8. The summed E-state index contributed by atoms with van der Waals surface area (Å²) >= 11 is 0. The molecule has 1 aliphatic rings. The number of aliphatic hydroxyl groups excluding tert-OH is 1. The molecule has 0 saturated carbocycles. The van der Waals surface area contributed by atoms with Crippen molar-refractivity contribution in [2.45, 2.75) is 25.0 Å². The van der Waals surface area contributed by atoms with Gasteiger partial charge in [-0.2, -0.15) is 0 Å². The number of hydrogen-bond acceptors (Lipinski definition) is 4. The summed E-state index contributed by atoms with van der Waals surface area (Å²) in [5.74, 6) is 0. The number of benzene rings is 3. The van der Waals surface area contributed by atoms with Gasteiger partial charge in [-0.1, -0.05) is 72.8 Å². The number of rotatable bonds is 4. The molecule has 1 saturated heterocycles.